The fourth-order valence-corrected chi connectivity index (χ4v) is 6.05. The largest absolute Gasteiger partial charge is 0.494 e. The summed E-state index contributed by atoms with van der Waals surface area (Å²) in [6.45, 7) is 0. The molecule has 1 atom stereocenters. The molecule has 0 amide bonds. The van der Waals surface area contributed by atoms with Gasteiger partial charge in [-0.15, -0.1) is 0 Å². The second kappa shape index (κ2) is 12.1. The van der Waals surface area contributed by atoms with Gasteiger partial charge in [0.1, 0.15) is 17.3 Å². The molecular formula is C37H33N3O4. The Morgan fingerprint density at radius 3 is 1.77 bits per heavy atom. The van der Waals surface area contributed by atoms with Gasteiger partial charge in [0.15, 0.2) is 0 Å². The number of nitrogens with one attached hydrogen (secondary N) is 1. The summed E-state index contributed by atoms with van der Waals surface area (Å²) in [5, 5.41) is 14.1. The fourth-order valence-electron chi connectivity index (χ4n) is 6.05. The van der Waals surface area contributed by atoms with E-state index < -0.39 is 17.6 Å². The number of fused-ring (bicyclic) bond motifs is 1. The van der Waals surface area contributed by atoms with Crippen LogP contribution in [0.4, 0.5) is 0 Å². The zero-order valence-electron chi connectivity index (χ0n) is 24.6. The van der Waals surface area contributed by atoms with Gasteiger partial charge in [0.25, 0.3) is 0 Å². The van der Waals surface area contributed by atoms with Gasteiger partial charge < -0.3 is 9.84 Å². The second-order valence-electron chi connectivity index (χ2n) is 10.8. The highest BCUT2D eigenvalue weighted by Gasteiger charge is 2.39. The number of aromatic nitrogens is 2. The number of rotatable bonds is 10. The minimum atomic E-state index is -0.962. The summed E-state index contributed by atoms with van der Waals surface area (Å²) in [7, 11) is 3.32. The predicted octanol–water partition coefficient (Wildman–Crippen LogP) is 5.92. The summed E-state index contributed by atoms with van der Waals surface area (Å²) in [6.07, 6.45) is 0.220. The van der Waals surface area contributed by atoms with Gasteiger partial charge in [0, 0.05) is 7.05 Å². The highest BCUT2D eigenvalue weighted by atomic mass is 16.5. The van der Waals surface area contributed by atoms with Gasteiger partial charge in [-0.2, -0.15) is 0 Å². The molecule has 0 spiro atoms. The fraction of sp³-hybridized carbons (Fsp3) is 0.135. The Labute approximate surface area is 255 Å². The van der Waals surface area contributed by atoms with Crippen LogP contribution in [0.3, 0.4) is 0 Å². The first-order chi connectivity index (χ1) is 21.4. The third kappa shape index (κ3) is 5.08. The lowest BCUT2D eigenvalue weighted by Crippen LogP contribution is -2.53. The number of carboxylic acids is 1. The molecule has 6 rings (SSSR count). The van der Waals surface area contributed by atoms with Crippen molar-refractivity contribution in [1.29, 1.82) is 0 Å². The summed E-state index contributed by atoms with van der Waals surface area (Å²) < 4.78 is 8.78. The number of methoxy groups -OCH3 is 1. The number of aryl methyl sites for hydroxylation is 1. The summed E-state index contributed by atoms with van der Waals surface area (Å²) in [6, 6.07) is 41.9. The molecule has 0 saturated heterocycles. The zero-order chi connectivity index (χ0) is 30.7. The molecular weight excluding hydrogens is 550 g/mol. The number of nitrogens with zero attached hydrogens (tertiary/aromatic N) is 2. The molecule has 1 unspecified atom stereocenters. The van der Waals surface area contributed by atoms with Crippen LogP contribution in [0.5, 0.6) is 5.75 Å². The molecule has 7 nitrogen and oxygen atoms in total. The van der Waals surface area contributed by atoms with E-state index in [1.807, 2.05) is 133 Å². The molecule has 5 aromatic carbocycles. The van der Waals surface area contributed by atoms with Crippen LogP contribution in [0.15, 0.2) is 138 Å². The van der Waals surface area contributed by atoms with Crippen molar-refractivity contribution in [2.75, 3.05) is 7.11 Å². The summed E-state index contributed by atoms with van der Waals surface area (Å²) >= 11 is 0. The van der Waals surface area contributed by atoms with Gasteiger partial charge in [-0.3, -0.25) is 19.2 Å². The van der Waals surface area contributed by atoms with Crippen LogP contribution in [0.25, 0.3) is 16.7 Å². The van der Waals surface area contributed by atoms with Crippen LogP contribution in [0.1, 0.15) is 22.3 Å². The topological polar surface area (TPSA) is 85.5 Å². The first-order valence-corrected chi connectivity index (χ1v) is 14.4. The van der Waals surface area contributed by atoms with Crippen molar-refractivity contribution in [3.8, 4) is 11.4 Å². The lowest BCUT2D eigenvalue weighted by atomic mass is 9.76. The standard InChI is InChI=1S/C37H33N3O4/c1-39-32-19-12-20-33(44-2)34(32)40(36(39)43)30-23-21-26(22-24-30)25-31(35(41)42)38-37(27-13-6-3-7-14-27,28-15-8-4-9-16-28)29-17-10-5-11-18-29/h3-24,31,38H,25H2,1-2H3,(H,41,42). The minimum absolute atomic E-state index is 0.194. The second-order valence-corrected chi connectivity index (χ2v) is 10.8. The lowest BCUT2D eigenvalue weighted by Gasteiger charge is -2.39. The van der Waals surface area contributed by atoms with E-state index in [1.54, 1.807) is 23.3 Å². The molecule has 44 heavy (non-hydrogen) atoms. The van der Waals surface area contributed by atoms with Crippen molar-refractivity contribution in [3.63, 3.8) is 0 Å². The van der Waals surface area contributed by atoms with Gasteiger partial charge in [-0.05, 0) is 52.9 Å². The maximum Gasteiger partial charge on any atom is 0.333 e. The van der Waals surface area contributed by atoms with Crippen LogP contribution in [-0.4, -0.2) is 33.4 Å². The highest BCUT2D eigenvalue weighted by molar-refractivity contribution is 5.84. The third-order valence-corrected chi connectivity index (χ3v) is 8.20. The van der Waals surface area contributed by atoms with Gasteiger partial charge in [0.2, 0.25) is 0 Å². The maximum absolute atomic E-state index is 13.3. The van der Waals surface area contributed by atoms with E-state index >= 15 is 0 Å². The first kappa shape index (κ1) is 28.7. The van der Waals surface area contributed by atoms with Crippen molar-refractivity contribution >= 4 is 17.0 Å². The average Bonchev–Trinajstić information content (AvgIpc) is 3.33. The molecule has 6 aromatic rings. The zero-order valence-corrected chi connectivity index (χ0v) is 24.6. The molecule has 2 N–H and O–H groups in total. The smallest absolute Gasteiger partial charge is 0.333 e. The number of aliphatic carboxylic acids is 1. The van der Waals surface area contributed by atoms with E-state index in [-0.39, 0.29) is 12.1 Å². The number of para-hydroxylation sites is 1. The van der Waals surface area contributed by atoms with E-state index in [0.29, 0.717) is 17.0 Å². The van der Waals surface area contributed by atoms with Crippen LogP contribution >= 0.6 is 0 Å². The van der Waals surface area contributed by atoms with Gasteiger partial charge in [0.05, 0.1) is 23.9 Å². The summed E-state index contributed by atoms with van der Waals surface area (Å²) in [4.78, 5) is 26.2. The van der Waals surface area contributed by atoms with E-state index in [2.05, 4.69) is 5.32 Å². The summed E-state index contributed by atoms with van der Waals surface area (Å²) in [5.74, 6) is -0.366. The Hall–Kier alpha value is -5.40. The van der Waals surface area contributed by atoms with Crippen LogP contribution in [0, 0.1) is 0 Å². The molecule has 0 saturated carbocycles. The van der Waals surface area contributed by atoms with E-state index in [1.165, 1.54) is 0 Å². The Morgan fingerprint density at radius 2 is 1.30 bits per heavy atom. The normalized spacial score (nSPS) is 12.2. The lowest BCUT2D eigenvalue weighted by molar-refractivity contribution is -0.139. The molecule has 1 aromatic heterocycles. The van der Waals surface area contributed by atoms with Gasteiger partial charge in [-0.25, -0.2) is 4.79 Å². The van der Waals surface area contributed by atoms with Crippen molar-refractivity contribution in [2.45, 2.75) is 18.0 Å². The van der Waals surface area contributed by atoms with Crippen molar-refractivity contribution in [3.05, 3.63) is 166 Å². The first-order valence-electron chi connectivity index (χ1n) is 14.4. The number of imidazole rings is 1. The molecule has 220 valence electrons. The van der Waals surface area contributed by atoms with E-state index in [4.69, 9.17) is 4.74 Å². The average molecular weight is 584 g/mol. The highest BCUT2D eigenvalue weighted by Crippen LogP contribution is 2.37. The SMILES string of the molecule is COc1cccc2c1n(-c1ccc(CC(NC(c3ccccc3)(c3ccccc3)c3ccccc3)C(=O)O)cc1)c(=O)n2C. The van der Waals surface area contributed by atoms with Gasteiger partial charge >= 0.3 is 11.7 Å². The molecule has 0 aliphatic carbocycles. The number of hydrogen-bond acceptors (Lipinski definition) is 4. The summed E-state index contributed by atoms with van der Waals surface area (Å²) in [5.41, 5.74) is 4.60. The van der Waals surface area contributed by atoms with E-state index in [9.17, 15) is 14.7 Å². The van der Waals surface area contributed by atoms with Crippen molar-refractivity contribution < 1.29 is 14.6 Å². The molecule has 0 radical (unpaired) electrons. The molecule has 0 fully saturated rings. The molecule has 0 aliphatic heterocycles. The number of carboxylic acid groups (broad SMARTS) is 1. The van der Waals surface area contributed by atoms with Crippen LogP contribution in [0.2, 0.25) is 0 Å². The van der Waals surface area contributed by atoms with Crippen molar-refractivity contribution in [1.82, 2.24) is 14.5 Å². The Kier molecular flexibility index (Phi) is 7.87. The molecule has 0 aliphatic rings. The molecule has 7 heteroatoms. The third-order valence-electron chi connectivity index (χ3n) is 8.20. The quantitative estimate of drug-likeness (QED) is 0.196. The van der Waals surface area contributed by atoms with Gasteiger partial charge in [-0.1, -0.05) is 109 Å². The number of carbonyl (C=O) groups is 1. The minimum Gasteiger partial charge on any atom is -0.494 e. The predicted molar refractivity (Wildman–Crippen MR) is 173 cm³/mol. The van der Waals surface area contributed by atoms with Crippen LogP contribution in [-0.2, 0) is 23.8 Å². The number of hydrogen-bond donors (Lipinski definition) is 2. The monoisotopic (exact) mass is 583 g/mol. The Balaban J connectivity index is 1.40. The Bertz CT molecular complexity index is 1850. The van der Waals surface area contributed by atoms with Crippen LogP contribution < -0.4 is 15.7 Å². The molecule has 0 bridgehead atoms. The number of ether oxygens (including phenoxy) is 1. The Morgan fingerprint density at radius 1 is 0.773 bits per heavy atom. The van der Waals surface area contributed by atoms with Crippen molar-refractivity contribution in [2.24, 2.45) is 7.05 Å². The maximum atomic E-state index is 13.3. The van der Waals surface area contributed by atoms with E-state index in [0.717, 1.165) is 27.8 Å². The molecule has 1 heterocycles. The number of benzene rings is 5.